The number of hydrogen-bond acceptors (Lipinski definition) is 4. The van der Waals surface area contributed by atoms with E-state index in [-0.39, 0.29) is 15.3 Å². The lowest BCUT2D eigenvalue weighted by atomic mass is 9.89. The van der Waals surface area contributed by atoms with E-state index >= 15 is 0 Å². The Morgan fingerprint density at radius 1 is 1.38 bits per heavy atom. The molecule has 0 saturated heterocycles. The molecule has 1 aliphatic carbocycles. The molecule has 0 bridgehead atoms. The van der Waals surface area contributed by atoms with Crippen LogP contribution in [0.5, 0.6) is 0 Å². The highest BCUT2D eigenvalue weighted by molar-refractivity contribution is 7.89. The van der Waals surface area contributed by atoms with Crippen molar-refractivity contribution >= 4 is 27.3 Å². The zero-order valence-electron chi connectivity index (χ0n) is 11.6. The number of rotatable bonds is 5. The second-order valence-electron chi connectivity index (χ2n) is 5.71. The summed E-state index contributed by atoms with van der Waals surface area (Å²) in [6, 6.07) is 3.49. The maximum Gasteiger partial charge on any atom is 0.289 e. The molecular weight excluding hydrogens is 316 g/mol. The van der Waals surface area contributed by atoms with Gasteiger partial charge in [-0.15, -0.1) is 0 Å². The number of sulfonamides is 1. The van der Waals surface area contributed by atoms with E-state index in [9.17, 15) is 18.5 Å². The second-order valence-corrected chi connectivity index (χ2v) is 7.89. The Hall–Kier alpha value is -1.18. The van der Waals surface area contributed by atoms with Crippen LogP contribution in [0.4, 0.5) is 5.69 Å². The van der Waals surface area contributed by atoms with Crippen LogP contribution in [0, 0.1) is 15.5 Å². The quantitative estimate of drug-likeness (QED) is 0.662. The number of benzene rings is 1. The van der Waals surface area contributed by atoms with Gasteiger partial charge in [-0.1, -0.05) is 31.4 Å². The van der Waals surface area contributed by atoms with Crippen LogP contribution in [0.3, 0.4) is 0 Å². The Morgan fingerprint density at radius 2 is 2.00 bits per heavy atom. The van der Waals surface area contributed by atoms with Crippen molar-refractivity contribution in [3.05, 3.63) is 33.3 Å². The molecule has 1 saturated carbocycles. The molecule has 0 spiro atoms. The average molecular weight is 333 g/mol. The molecule has 0 aliphatic heterocycles. The van der Waals surface area contributed by atoms with E-state index in [2.05, 4.69) is 4.72 Å². The minimum Gasteiger partial charge on any atom is -0.258 e. The van der Waals surface area contributed by atoms with Crippen LogP contribution in [0.1, 0.15) is 32.6 Å². The summed E-state index contributed by atoms with van der Waals surface area (Å²) in [6.45, 7) is 2.39. The SMILES string of the molecule is CC1(CNS(=O)(=O)c2ccc(Cl)c([N+](=O)[O-])c2)CCCC1. The maximum atomic E-state index is 12.2. The van der Waals surface area contributed by atoms with Crippen LogP contribution < -0.4 is 4.72 Å². The Morgan fingerprint density at radius 3 is 2.57 bits per heavy atom. The summed E-state index contributed by atoms with van der Waals surface area (Å²) in [6.07, 6.45) is 4.17. The normalized spacial score (nSPS) is 17.8. The van der Waals surface area contributed by atoms with Gasteiger partial charge in [-0.25, -0.2) is 13.1 Å². The van der Waals surface area contributed by atoms with Crippen LogP contribution in [0.15, 0.2) is 23.1 Å². The molecule has 1 aliphatic rings. The molecule has 1 aromatic carbocycles. The highest BCUT2D eigenvalue weighted by Gasteiger charge is 2.30. The fraction of sp³-hybridized carbons (Fsp3) is 0.538. The van der Waals surface area contributed by atoms with Crippen molar-refractivity contribution in [1.29, 1.82) is 0 Å². The van der Waals surface area contributed by atoms with E-state index in [0.29, 0.717) is 6.54 Å². The summed E-state index contributed by atoms with van der Waals surface area (Å²) in [4.78, 5) is 9.99. The van der Waals surface area contributed by atoms with E-state index in [1.807, 2.05) is 6.92 Å². The van der Waals surface area contributed by atoms with Crippen LogP contribution in [0.25, 0.3) is 0 Å². The van der Waals surface area contributed by atoms with Crippen LogP contribution in [0.2, 0.25) is 5.02 Å². The number of nitro groups is 1. The minimum atomic E-state index is -3.77. The molecule has 6 nitrogen and oxygen atoms in total. The molecule has 0 amide bonds. The van der Waals surface area contributed by atoms with Crippen LogP contribution in [-0.2, 0) is 10.0 Å². The van der Waals surface area contributed by atoms with Crippen molar-refractivity contribution in [1.82, 2.24) is 4.72 Å². The van der Waals surface area contributed by atoms with Crippen LogP contribution >= 0.6 is 11.6 Å². The Balaban J connectivity index is 2.19. The van der Waals surface area contributed by atoms with Crippen molar-refractivity contribution in [2.45, 2.75) is 37.5 Å². The molecule has 21 heavy (non-hydrogen) atoms. The highest BCUT2D eigenvalue weighted by Crippen LogP contribution is 2.37. The lowest BCUT2D eigenvalue weighted by molar-refractivity contribution is -0.384. The van der Waals surface area contributed by atoms with Gasteiger partial charge in [0, 0.05) is 12.6 Å². The van der Waals surface area contributed by atoms with Crippen molar-refractivity contribution in [2.75, 3.05) is 6.54 Å². The lowest BCUT2D eigenvalue weighted by Crippen LogP contribution is -2.34. The highest BCUT2D eigenvalue weighted by atomic mass is 35.5. The number of hydrogen-bond donors (Lipinski definition) is 1. The summed E-state index contributed by atoms with van der Waals surface area (Å²) >= 11 is 5.69. The fourth-order valence-corrected chi connectivity index (χ4v) is 3.96. The van der Waals surface area contributed by atoms with Gasteiger partial charge in [0.2, 0.25) is 10.0 Å². The summed E-state index contributed by atoms with van der Waals surface area (Å²) in [5.74, 6) is 0. The van der Waals surface area contributed by atoms with Gasteiger partial charge in [-0.05, 0) is 30.4 Å². The largest absolute Gasteiger partial charge is 0.289 e. The van der Waals surface area contributed by atoms with E-state index in [4.69, 9.17) is 11.6 Å². The average Bonchev–Trinajstić information content (AvgIpc) is 2.84. The monoisotopic (exact) mass is 332 g/mol. The first kappa shape index (κ1) is 16.2. The standard InChI is InChI=1S/C13H17ClN2O4S/c1-13(6-2-3-7-13)9-15-21(19,20)10-4-5-11(14)12(8-10)16(17)18/h4-5,8,15H,2-3,6-7,9H2,1H3. The molecule has 0 heterocycles. The smallest absolute Gasteiger partial charge is 0.258 e. The predicted molar refractivity (Wildman–Crippen MR) is 79.9 cm³/mol. The van der Waals surface area contributed by atoms with E-state index in [0.717, 1.165) is 31.7 Å². The van der Waals surface area contributed by atoms with Crippen molar-refractivity contribution in [3.8, 4) is 0 Å². The zero-order valence-corrected chi connectivity index (χ0v) is 13.2. The first-order chi connectivity index (χ1) is 9.73. The van der Waals surface area contributed by atoms with Gasteiger partial charge in [0.1, 0.15) is 5.02 Å². The lowest BCUT2D eigenvalue weighted by Gasteiger charge is -2.23. The third kappa shape index (κ3) is 3.72. The topological polar surface area (TPSA) is 89.3 Å². The molecule has 0 radical (unpaired) electrons. The summed E-state index contributed by atoms with van der Waals surface area (Å²) < 4.78 is 27.0. The molecule has 1 aromatic rings. The first-order valence-corrected chi connectivity index (χ1v) is 8.53. The minimum absolute atomic E-state index is 0.0363. The Kier molecular flexibility index (Phi) is 4.55. The van der Waals surface area contributed by atoms with Gasteiger partial charge in [0.15, 0.2) is 0 Å². The van der Waals surface area contributed by atoms with E-state index in [1.165, 1.54) is 12.1 Å². The van der Waals surface area contributed by atoms with E-state index < -0.39 is 20.6 Å². The molecule has 1 N–H and O–H groups in total. The van der Waals surface area contributed by atoms with Gasteiger partial charge in [0.05, 0.1) is 9.82 Å². The van der Waals surface area contributed by atoms with Gasteiger partial charge < -0.3 is 0 Å². The molecule has 1 fully saturated rings. The molecule has 8 heteroatoms. The number of nitro benzene ring substituents is 1. The zero-order chi connectivity index (χ0) is 15.7. The molecule has 116 valence electrons. The summed E-state index contributed by atoms with van der Waals surface area (Å²) in [7, 11) is -3.77. The summed E-state index contributed by atoms with van der Waals surface area (Å²) in [5, 5.41) is 10.7. The van der Waals surface area contributed by atoms with Gasteiger partial charge in [-0.3, -0.25) is 10.1 Å². The molecular formula is C13H17ClN2O4S. The number of nitrogens with one attached hydrogen (secondary N) is 1. The fourth-order valence-electron chi connectivity index (χ4n) is 2.56. The van der Waals surface area contributed by atoms with Gasteiger partial charge >= 0.3 is 0 Å². The molecule has 2 rings (SSSR count). The Labute approximate surface area is 128 Å². The molecule has 0 unspecified atom stereocenters. The predicted octanol–water partition coefficient (Wildman–Crippen LogP) is 3.11. The maximum absolute atomic E-state index is 12.2. The van der Waals surface area contributed by atoms with Crippen molar-refractivity contribution in [2.24, 2.45) is 5.41 Å². The van der Waals surface area contributed by atoms with Gasteiger partial charge in [-0.2, -0.15) is 0 Å². The summed E-state index contributed by atoms with van der Waals surface area (Å²) in [5.41, 5.74) is -0.447. The van der Waals surface area contributed by atoms with Crippen molar-refractivity contribution in [3.63, 3.8) is 0 Å². The van der Waals surface area contributed by atoms with Crippen LogP contribution in [-0.4, -0.2) is 19.9 Å². The third-order valence-electron chi connectivity index (χ3n) is 3.92. The van der Waals surface area contributed by atoms with Gasteiger partial charge in [0.25, 0.3) is 5.69 Å². The Bertz CT molecular complexity index is 654. The second kappa shape index (κ2) is 5.90. The van der Waals surface area contributed by atoms with Crippen molar-refractivity contribution < 1.29 is 13.3 Å². The number of halogens is 1. The third-order valence-corrected chi connectivity index (χ3v) is 5.64. The first-order valence-electron chi connectivity index (χ1n) is 6.67. The molecule has 0 aromatic heterocycles. The number of nitrogens with zero attached hydrogens (tertiary/aromatic N) is 1. The molecule has 0 atom stereocenters. The van der Waals surface area contributed by atoms with E-state index in [1.54, 1.807) is 0 Å².